The summed E-state index contributed by atoms with van der Waals surface area (Å²) in [5.74, 6) is -0.102. The van der Waals surface area contributed by atoms with E-state index in [9.17, 15) is 9.18 Å². The number of halogens is 2. The van der Waals surface area contributed by atoms with E-state index in [1.165, 1.54) is 31.4 Å². The second-order valence-electron chi connectivity index (χ2n) is 6.27. The molecule has 4 heteroatoms. The molecule has 0 aromatic heterocycles. The number of carbonyl (C=O) groups is 1. The minimum absolute atomic E-state index is 0.0239. The number of rotatable bonds is 2. The Kier molecular flexibility index (Phi) is 4.64. The number of ether oxygens (including phenoxy) is 1. The van der Waals surface area contributed by atoms with Gasteiger partial charge in [0.05, 0.1) is 5.60 Å². The van der Waals surface area contributed by atoms with Gasteiger partial charge in [0.15, 0.2) is 5.78 Å². The van der Waals surface area contributed by atoms with Gasteiger partial charge in [0.25, 0.3) is 0 Å². The average molecular weight is 402 g/mol. The quantitative estimate of drug-likeness (QED) is 0.528. The van der Waals surface area contributed by atoms with E-state index in [-0.39, 0.29) is 23.1 Å². The van der Waals surface area contributed by atoms with Crippen molar-refractivity contribution in [3.05, 3.63) is 33.1 Å². The van der Waals surface area contributed by atoms with Crippen molar-refractivity contribution in [2.75, 3.05) is 6.61 Å². The Morgan fingerprint density at radius 2 is 2.05 bits per heavy atom. The monoisotopic (exact) mass is 402 g/mol. The van der Waals surface area contributed by atoms with Crippen molar-refractivity contribution in [1.82, 2.24) is 0 Å². The summed E-state index contributed by atoms with van der Waals surface area (Å²) in [6.45, 7) is 0.675. The fourth-order valence-corrected chi connectivity index (χ4v) is 4.45. The summed E-state index contributed by atoms with van der Waals surface area (Å²) >= 11 is 2.05. The summed E-state index contributed by atoms with van der Waals surface area (Å²) in [7, 11) is 0. The van der Waals surface area contributed by atoms with Gasteiger partial charge < -0.3 is 4.74 Å². The summed E-state index contributed by atoms with van der Waals surface area (Å²) in [6, 6.07) is 4.44. The summed E-state index contributed by atoms with van der Waals surface area (Å²) in [4.78, 5) is 12.8. The van der Waals surface area contributed by atoms with Gasteiger partial charge in [-0.15, -0.1) is 0 Å². The molecule has 2 aliphatic rings. The first kappa shape index (κ1) is 15.4. The fourth-order valence-electron chi connectivity index (χ4n) is 3.71. The Labute approximate surface area is 138 Å². The molecular weight excluding hydrogens is 382 g/mol. The van der Waals surface area contributed by atoms with Crippen molar-refractivity contribution in [2.45, 2.75) is 50.5 Å². The number of hydrogen-bond acceptors (Lipinski definition) is 2. The first-order valence-electron chi connectivity index (χ1n) is 7.73. The number of benzene rings is 1. The van der Waals surface area contributed by atoms with Crippen LogP contribution in [0.5, 0.6) is 0 Å². The molecule has 0 amide bonds. The van der Waals surface area contributed by atoms with Crippen LogP contribution in [0.25, 0.3) is 0 Å². The van der Waals surface area contributed by atoms with Gasteiger partial charge >= 0.3 is 0 Å². The molecule has 21 heavy (non-hydrogen) atoms. The molecule has 114 valence electrons. The van der Waals surface area contributed by atoms with E-state index in [0.717, 1.165) is 25.7 Å². The van der Waals surface area contributed by atoms with E-state index in [0.29, 0.717) is 15.7 Å². The van der Waals surface area contributed by atoms with Gasteiger partial charge in [-0.05, 0) is 66.5 Å². The standard InChI is InChI=1S/C17H20FIO2/c18-13-4-5-14(15(19)10-13)16(20)12-6-9-21-17(11-12)7-2-1-3-8-17/h4-5,10,12H,1-3,6-9,11H2. The van der Waals surface area contributed by atoms with Crippen LogP contribution >= 0.6 is 22.6 Å². The van der Waals surface area contributed by atoms with Crippen molar-refractivity contribution in [2.24, 2.45) is 5.92 Å². The Morgan fingerprint density at radius 3 is 2.76 bits per heavy atom. The molecule has 1 unspecified atom stereocenters. The lowest BCUT2D eigenvalue weighted by molar-refractivity contribution is -0.111. The highest BCUT2D eigenvalue weighted by Gasteiger charge is 2.41. The second kappa shape index (κ2) is 6.32. The predicted molar refractivity (Wildman–Crippen MR) is 87.9 cm³/mol. The van der Waals surface area contributed by atoms with E-state index >= 15 is 0 Å². The molecule has 1 aliphatic heterocycles. The van der Waals surface area contributed by atoms with E-state index in [2.05, 4.69) is 22.6 Å². The zero-order valence-corrected chi connectivity index (χ0v) is 14.2. The van der Waals surface area contributed by atoms with Crippen LogP contribution < -0.4 is 0 Å². The number of hydrogen-bond donors (Lipinski definition) is 0. The van der Waals surface area contributed by atoms with Crippen LogP contribution in [0.4, 0.5) is 4.39 Å². The molecule has 0 N–H and O–H groups in total. The Hall–Kier alpha value is -0.490. The SMILES string of the molecule is O=C(c1ccc(F)cc1I)C1CCOC2(CCCCC2)C1. The van der Waals surface area contributed by atoms with E-state index in [1.54, 1.807) is 6.07 Å². The lowest BCUT2D eigenvalue weighted by Gasteiger charge is -2.43. The van der Waals surface area contributed by atoms with Gasteiger partial charge in [0.1, 0.15) is 5.82 Å². The highest BCUT2D eigenvalue weighted by molar-refractivity contribution is 14.1. The molecule has 1 saturated heterocycles. The predicted octanol–water partition coefficient (Wildman–Crippen LogP) is 4.74. The first-order chi connectivity index (χ1) is 10.1. The largest absolute Gasteiger partial charge is 0.375 e. The van der Waals surface area contributed by atoms with Crippen LogP contribution in [0.3, 0.4) is 0 Å². The maximum atomic E-state index is 13.2. The highest BCUT2D eigenvalue weighted by Crippen LogP contribution is 2.41. The zero-order valence-electron chi connectivity index (χ0n) is 12.0. The van der Waals surface area contributed by atoms with Crippen LogP contribution in [0, 0.1) is 15.3 Å². The van der Waals surface area contributed by atoms with Gasteiger partial charge in [-0.1, -0.05) is 19.3 Å². The Balaban J connectivity index is 1.77. The molecule has 0 radical (unpaired) electrons. The lowest BCUT2D eigenvalue weighted by atomic mass is 9.74. The van der Waals surface area contributed by atoms with Crippen molar-refractivity contribution >= 4 is 28.4 Å². The molecule has 1 atom stereocenters. The van der Waals surface area contributed by atoms with Crippen molar-refractivity contribution in [3.8, 4) is 0 Å². The van der Waals surface area contributed by atoms with E-state index < -0.39 is 0 Å². The Morgan fingerprint density at radius 1 is 1.29 bits per heavy atom. The smallest absolute Gasteiger partial charge is 0.167 e. The van der Waals surface area contributed by atoms with Crippen LogP contribution in [0.2, 0.25) is 0 Å². The molecule has 1 saturated carbocycles. The molecule has 2 nitrogen and oxygen atoms in total. The molecule has 0 bridgehead atoms. The van der Waals surface area contributed by atoms with Gasteiger partial charge in [0.2, 0.25) is 0 Å². The van der Waals surface area contributed by atoms with Crippen molar-refractivity contribution < 1.29 is 13.9 Å². The number of ketones is 1. The van der Waals surface area contributed by atoms with Crippen molar-refractivity contribution in [1.29, 1.82) is 0 Å². The van der Waals surface area contributed by atoms with Crippen molar-refractivity contribution in [3.63, 3.8) is 0 Å². The topological polar surface area (TPSA) is 26.3 Å². The average Bonchev–Trinajstić information content (AvgIpc) is 2.47. The number of carbonyl (C=O) groups excluding carboxylic acids is 1. The third-order valence-electron chi connectivity index (χ3n) is 4.83. The van der Waals surface area contributed by atoms with Crippen LogP contribution in [-0.4, -0.2) is 18.0 Å². The first-order valence-corrected chi connectivity index (χ1v) is 8.81. The van der Waals surface area contributed by atoms with E-state index in [4.69, 9.17) is 4.74 Å². The minimum Gasteiger partial charge on any atom is -0.375 e. The molecule has 1 heterocycles. The van der Waals surface area contributed by atoms with Gasteiger partial charge in [-0.2, -0.15) is 0 Å². The molecule has 2 fully saturated rings. The molecule has 1 aliphatic carbocycles. The van der Waals surface area contributed by atoms with Gasteiger partial charge in [0, 0.05) is 21.7 Å². The number of Topliss-reactive ketones (excluding diaryl/α,β-unsaturated/α-hetero) is 1. The molecular formula is C17H20FIO2. The summed E-state index contributed by atoms with van der Waals surface area (Å²) in [6.07, 6.45) is 7.46. The summed E-state index contributed by atoms with van der Waals surface area (Å²) < 4.78 is 20.0. The zero-order chi connectivity index (χ0) is 14.9. The maximum absolute atomic E-state index is 13.2. The summed E-state index contributed by atoms with van der Waals surface area (Å²) in [5.41, 5.74) is 0.595. The van der Waals surface area contributed by atoms with Gasteiger partial charge in [-0.3, -0.25) is 4.79 Å². The normalized spacial score (nSPS) is 25.0. The molecule has 1 aromatic rings. The molecule has 1 spiro atoms. The lowest BCUT2D eigenvalue weighted by Crippen LogP contribution is -2.43. The molecule has 1 aromatic carbocycles. The molecule has 3 rings (SSSR count). The maximum Gasteiger partial charge on any atom is 0.167 e. The van der Waals surface area contributed by atoms with Crippen LogP contribution in [0.15, 0.2) is 18.2 Å². The Bertz CT molecular complexity index is 532. The highest BCUT2D eigenvalue weighted by atomic mass is 127. The van der Waals surface area contributed by atoms with E-state index in [1.807, 2.05) is 0 Å². The fraction of sp³-hybridized carbons (Fsp3) is 0.588. The van der Waals surface area contributed by atoms with Crippen LogP contribution in [-0.2, 0) is 4.74 Å². The third-order valence-corrected chi connectivity index (χ3v) is 5.72. The minimum atomic E-state index is -0.285. The van der Waals surface area contributed by atoms with Gasteiger partial charge in [-0.25, -0.2) is 4.39 Å². The second-order valence-corrected chi connectivity index (χ2v) is 7.43. The van der Waals surface area contributed by atoms with Crippen LogP contribution in [0.1, 0.15) is 55.3 Å². The third kappa shape index (κ3) is 3.31. The summed E-state index contributed by atoms with van der Waals surface area (Å²) in [5, 5.41) is 0.